The minimum atomic E-state index is -0.626. The number of carbonyl (C=O) groups excluding carboxylic acids is 1. The van der Waals surface area contributed by atoms with Gasteiger partial charge in [-0.2, -0.15) is 5.26 Å². The second-order valence-electron chi connectivity index (χ2n) is 5.49. The SMILES string of the molecule is CCCC(C)(C)NC(=O)C(C#N)Cc1ccccc1. The molecule has 0 spiro atoms. The lowest BCUT2D eigenvalue weighted by atomic mass is 9.95. The maximum absolute atomic E-state index is 12.1. The molecule has 3 heteroatoms. The predicted octanol–water partition coefficient (Wildman–Crippen LogP) is 3.06. The van der Waals surface area contributed by atoms with Crippen LogP contribution in [-0.4, -0.2) is 11.4 Å². The average molecular weight is 258 g/mol. The molecule has 0 saturated heterocycles. The molecular formula is C16H22N2O. The molecule has 0 radical (unpaired) electrons. The molecule has 0 bridgehead atoms. The zero-order valence-electron chi connectivity index (χ0n) is 11.9. The second-order valence-corrected chi connectivity index (χ2v) is 5.49. The number of hydrogen-bond acceptors (Lipinski definition) is 2. The lowest BCUT2D eigenvalue weighted by molar-refractivity contribution is -0.125. The fourth-order valence-electron chi connectivity index (χ4n) is 2.15. The minimum absolute atomic E-state index is 0.176. The van der Waals surface area contributed by atoms with Gasteiger partial charge in [0.2, 0.25) is 5.91 Å². The number of nitrogens with zero attached hydrogens (tertiary/aromatic N) is 1. The number of hydrogen-bond donors (Lipinski definition) is 1. The Morgan fingerprint density at radius 2 is 2.00 bits per heavy atom. The Labute approximate surface area is 115 Å². The molecule has 0 fully saturated rings. The quantitative estimate of drug-likeness (QED) is 0.852. The van der Waals surface area contributed by atoms with Crippen molar-refractivity contribution in [2.45, 2.75) is 45.6 Å². The van der Waals surface area contributed by atoms with E-state index in [1.165, 1.54) is 0 Å². The summed E-state index contributed by atoms with van der Waals surface area (Å²) >= 11 is 0. The van der Waals surface area contributed by atoms with Crippen LogP contribution in [0.3, 0.4) is 0 Å². The summed E-state index contributed by atoms with van der Waals surface area (Å²) in [5, 5.41) is 12.1. The molecule has 0 aliphatic heterocycles. The summed E-state index contributed by atoms with van der Waals surface area (Å²) in [6.45, 7) is 6.07. The Morgan fingerprint density at radius 3 is 2.53 bits per heavy atom. The zero-order chi connectivity index (χ0) is 14.3. The van der Waals surface area contributed by atoms with Gasteiger partial charge in [0.15, 0.2) is 0 Å². The predicted molar refractivity (Wildman–Crippen MR) is 76.4 cm³/mol. The average Bonchev–Trinajstić information content (AvgIpc) is 2.36. The van der Waals surface area contributed by atoms with Crippen molar-refractivity contribution in [3.63, 3.8) is 0 Å². The first kappa shape index (κ1) is 15.2. The third-order valence-corrected chi connectivity index (χ3v) is 3.09. The molecule has 102 valence electrons. The first-order valence-electron chi connectivity index (χ1n) is 6.74. The van der Waals surface area contributed by atoms with Crippen LogP contribution >= 0.6 is 0 Å². The van der Waals surface area contributed by atoms with Crippen LogP contribution in [0.1, 0.15) is 39.2 Å². The standard InChI is InChI=1S/C16H22N2O/c1-4-10-16(2,3)18-15(19)14(12-17)11-13-8-6-5-7-9-13/h5-9,14H,4,10-11H2,1-3H3,(H,18,19). The molecule has 0 aliphatic carbocycles. The summed E-state index contributed by atoms with van der Waals surface area (Å²) in [5.74, 6) is -0.802. The summed E-state index contributed by atoms with van der Waals surface area (Å²) < 4.78 is 0. The van der Waals surface area contributed by atoms with E-state index in [0.29, 0.717) is 6.42 Å². The van der Waals surface area contributed by atoms with Gasteiger partial charge < -0.3 is 5.32 Å². The Kier molecular flexibility index (Phi) is 5.57. The van der Waals surface area contributed by atoms with Crippen LogP contribution in [0.2, 0.25) is 0 Å². The highest BCUT2D eigenvalue weighted by Gasteiger charge is 2.25. The highest BCUT2D eigenvalue weighted by molar-refractivity contribution is 5.82. The van der Waals surface area contributed by atoms with Crippen LogP contribution in [0.4, 0.5) is 0 Å². The van der Waals surface area contributed by atoms with Gasteiger partial charge in [-0.25, -0.2) is 0 Å². The number of rotatable bonds is 6. The molecule has 3 nitrogen and oxygen atoms in total. The van der Waals surface area contributed by atoms with Crippen LogP contribution in [0.5, 0.6) is 0 Å². The highest BCUT2D eigenvalue weighted by atomic mass is 16.2. The van der Waals surface area contributed by atoms with E-state index >= 15 is 0 Å². The molecule has 1 amide bonds. The summed E-state index contributed by atoms with van der Waals surface area (Å²) in [6, 6.07) is 11.7. The molecule has 1 atom stereocenters. The van der Waals surface area contributed by atoms with Crippen LogP contribution < -0.4 is 5.32 Å². The first-order valence-corrected chi connectivity index (χ1v) is 6.74. The highest BCUT2D eigenvalue weighted by Crippen LogP contribution is 2.14. The minimum Gasteiger partial charge on any atom is -0.350 e. The zero-order valence-corrected chi connectivity index (χ0v) is 11.9. The number of carbonyl (C=O) groups is 1. The summed E-state index contributed by atoms with van der Waals surface area (Å²) in [6.07, 6.45) is 2.37. The van der Waals surface area contributed by atoms with E-state index in [1.807, 2.05) is 44.2 Å². The molecule has 1 rings (SSSR count). The maximum atomic E-state index is 12.1. The van der Waals surface area contributed by atoms with Gasteiger partial charge in [-0.1, -0.05) is 43.7 Å². The van der Waals surface area contributed by atoms with Crippen LogP contribution in [0, 0.1) is 17.2 Å². The van der Waals surface area contributed by atoms with Gasteiger partial charge >= 0.3 is 0 Å². The first-order chi connectivity index (χ1) is 8.98. The van der Waals surface area contributed by atoms with Gasteiger partial charge in [0.1, 0.15) is 5.92 Å². The summed E-state index contributed by atoms with van der Waals surface area (Å²) in [7, 11) is 0. The molecule has 19 heavy (non-hydrogen) atoms. The van der Waals surface area contributed by atoms with Crippen molar-refractivity contribution < 1.29 is 4.79 Å². The Bertz CT molecular complexity index is 446. The Hall–Kier alpha value is -1.82. The topological polar surface area (TPSA) is 52.9 Å². The van der Waals surface area contributed by atoms with E-state index in [-0.39, 0.29) is 11.4 Å². The van der Waals surface area contributed by atoms with Crippen molar-refractivity contribution in [2.75, 3.05) is 0 Å². The fourth-order valence-corrected chi connectivity index (χ4v) is 2.15. The van der Waals surface area contributed by atoms with Gasteiger partial charge in [0.25, 0.3) is 0 Å². The van der Waals surface area contributed by atoms with E-state index in [9.17, 15) is 10.1 Å². The third kappa shape index (κ3) is 5.13. The lowest BCUT2D eigenvalue weighted by Crippen LogP contribution is -2.46. The molecule has 1 N–H and O–H groups in total. The maximum Gasteiger partial charge on any atom is 0.238 e. The van der Waals surface area contributed by atoms with E-state index in [1.54, 1.807) is 0 Å². The Balaban J connectivity index is 2.66. The van der Waals surface area contributed by atoms with E-state index in [0.717, 1.165) is 18.4 Å². The van der Waals surface area contributed by atoms with Crippen molar-refractivity contribution in [3.8, 4) is 6.07 Å². The van der Waals surface area contributed by atoms with Gasteiger partial charge in [0.05, 0.1) is 6.07 Å². The molecule has 0 aliphatic rings. The molecule has 0 heterocycles. The number of benzene rings is 1. The summed E-state index contributed by atoms with van der Waals surface area (Å²) in [5.41, 5.74) is 0.759. The molecule has 0 aromatic heterocycles. The van der Waals surface area contributed by atoms with Crippen molar-refractivity contribution in [2.24, 2.45) is 5.92 Å². The largest absolute Gasteiger partial charge is 0.350 e. The van der Waals surface area contributed by atoms with Crippen LogP contribution in [0.25, 0.3) is 0 Å². The monoisotopic (exact) mass is 258 g/mol. The van der Waals surface area contributed by atoms with Crippen LogP contribution in [-0.2, 0) is 11.2 Å². The smallest absolute Gasteiger partial charge is 0.238 e. The molecule has 1 unspecified atom stereocenters. The number of nitriles is 1. The number of nitrogens with one attached hydrogen (secondary N) is 1. The van der Waals surface area contributed by atoms with E-state index in [4.69, 9.17) is 0 Å². The molecule has 1 aromatic carbocycles. The van der Waals surface area contributed by atoms with Gasteiger partial charge in [0, 0.05) is 5.54 Å². The fraction of sp³-hybridized carbons (Fsp3) is 0.500. The van der Waals surface area contributed by atoms with Crippen molar-refractivity contribution >= 4 is 5.91 Å². The van der Waals surface area contributed by atoms with E-state index < -0.39 is 5.92 Å². The summed E-state index contributed by atoms with van der Waals surface area (Å²) in [4.78, 5) is 12.1. The van der Waals surface area contributed by atoms with Crippen molar-refractivity contribution in [3.05, 3.63) is 35.9 Å². The molecule has 0 saturated carbocycles. The molecular weight excluding hydrogens is 236 g/mol. The van der Waals surface area contributed by atoms with Crippen molar-refractivity contribution in [1.82, 2.24) is 5.32 Å². The third-order valence-electron chi connectivity index (χ3n) is 3.09. The van der Waals surface area contributed by atoms with E-state index in [2.05, 4.69) is 18.3 Å². The Morgan fingerprint density at radius 1 is 1.37 bits per heavy atom. The van der Waals surface area contributed by atoms with Gasteiger partial charge in [-0.15, -0.1) is 0 Å². The van der Waals surface area contributed by atoms with Crippen molar-refractivity contribution in [1.29, 1.82) is 5.26 Å². The second kappa shape index (κ2) is 6.94. The normalized spacial score (nSPS) is 12.5. The lowest BCUT2D eigenvalue weighted by Gasteiger charge is -2.27. The molecule has 1 aromatic rings. The van der Waals surface area contributed by atoms with Crippen LogP contribution in [0.15, 0.2) is 30.3 Å². The number of amides is 1. The van der Waals surface area contributed by atoms with Gasteiger partial charge in [-0.3, -0.25) is 4.79 Å². The van der Waals surface area contributed by atoms with Gasteiger partial charge in [-0.05, 0) is 32.3 Å².